The van der Waals surface area contributed by atoms with Crippen molar-refractivity contribution in [2.45, 2.75) is 126 Å². The van der Waals surface area contributed by atoms with Gasteiger partial charge in [-0.15, -0.1) is 6.58 Å². The smallest absolute Gasteiger partial charge is 0.316 e. The van der Waals surface area contributed by atoms with Gasteiger partial charge in [-0.1, -0.05) is 94.6 Å². The molecule has 2 heterocycles. The number of carbonyl (C=O) groups excluding carboxylic acids is 6. The number of rotatable bonds is 12. The molecule has 282 valence electrons. The van der Waals surface area contributed by atoms with Crippen LogP contribution in [0.4, 0.5) is 4.79 Å². The molecule has 2 saturated heterocycles. The Morgan fingerprint density at radius 2 is 1.45 bits per heavy atom. The third-order valence-electron chi connectivity index (χ3n) is 8.04. The van der Waals surface area contributed by atoms with E-state index in [4.69, 9.17) is 4.74 Å². The van der Waals surface area contributed by atoms with Crippen molar-refractivity contribution in [1.82, 2.24) is 31.1 Å². The van der Waals surface area contributed by atoms with Crippen molar-refractivity contribution in [2.75, 3.05) is 39.4 Å². The van der Waals surface area contributed by atoms with Crippen molar-refractivity contribution in [3.05, 3.63) is 12.7 Å². The first-order valence-corrected chi connectivity index (χ1v) is 17.9. The minimum absolute atomic E-state index is 0.0449. The fraction of sp³-hybridized carbons (Fsp3) is 0.778. The lowest BCUT2D eigenvalue weighted by molar-refractivity contribution is -0.144. The van der Waals surface area contributed by atoms with Gasteiger partial charge < -0.3 is 35.8 Å². The van der Waals surface area contributed by atoms with Crippen LogP contribution in [-0.4, -0.2) is 109 Å². The Labute approximate surface area is 295 Å². The molecule has 13 heteroatoms. The molecule has 6 unspecified atom stereocenters. The highest BCUT2D eigenvalue weighted by Gasteiger charge is 2.48. The number of ketones is 1. The average Bonchev–Trinajstić information content (AvgIpc) is 3.35. The average molecular weight is 695 g/mol. The summed E-state index contributed by atoms with van der Waals surface area (Å²) in [5.74, 6) is -3.11. The molecule has 0 bridgehead atoms. The molecule has 49 heavy (non-hydrogen) atoms. The van der Waals surface area contributed by atoms with Crippen molar-refractivity contribution in [2.24, 2.45) is 17.3 Å². The van der Waals surface area contributed by atoms with Gasteiger partial charge in [-0.2, -0.15) is 0 Å². The van der Waals surface area contributed by atoms with Gasteiger partial charge in [0.25, 0.3) is 5.91 Å². The van der Waals surface area contributed by atoms with E-state index in [0.717, 1.165) is 0 Å². The number of Topliss-reactive ketones (excluding diaryl/α,β-unsaturated/α-hetero) is 1. The Kier molecular flexibility index (Phi) is 21.4. The minimum Gasteiger partial charge on any atom is -0.378 e. The molecule has 6 atom stereocenters. The van der Waals surface area contributed by atoms with E-state index in [0.29, 0.717) is 32.7 Å². The van der Waals surface area contributed by atoms with Gasteiger partial charge in [0.05, 0.1) is 19.3 Å². The quantitative estimate of drug-likeness (QED) is 0.180. The number of urea groups is 1. The minimum atomic E-state index is -1.05. The summed E-state index contributed by atoms with van der Waals surface area (Å²) in [4.78, 5) is 81.7. The highest BCUT2D eigenvalue weighted by Crippen LogP contribution is 2.32. The number of hydrogen-bond donors (Lipinski definition) is 4. The van der Waals surface area contributed by atoms with Crippen molar-refractivity contribution < 1.29 is 33.5 Å². The Balaban J connectivity index is 0.00000356. The molecule has 6 amide bonds. The van der Waals surface area contributed by atoms with E-state index in [1.165, 1.54) is 23.8 Å². The summed E-state index contributed by atoms with van der Waals surface area (Å²) in [6.07, 6.45) is 4.75. The van der Waals surface area contributed by atoms with E-state index in [1.54, 1.807) is 32.6 Å². The summed E-state index contributed by atoms with van der Waals surface area (Å²) in [5.41, 5.74) is -0.744. The van der Waals surface area contributed by atoms with Crippen LogP contribution in [0.2, 0.25) is 0 Å². The highest BCUT2D eigenvalue weighted by atomic mass is 16.5. The molecule has 0 saturated carbocycles. The van der Waals surface area contributed by atoms with Crippen molar-refractivity contribution in [1.29, 1.82) is 0 Å². The summed E-state index contributed by atoms with van der Waals surface area (Å²) < 4.78 is 5.28. The maximum absolute atomic E-state index is 14.0. The first-order valence-electron chi connectivity index (χ1n) is 17.9. The Morgan fingerprint density at radius 3 is 1.94 bits per heavy atom. The number of hydrogen-bond acceptors (Lipinski definition) is 7. The van der Waals surface area contributed by atoms with E-state index >= 15 is 0 Å². The summed E-state index contributed by atoms with van der Waals surface area (Å²) in [6.45, 7) is 26.8. The van der Waals surface area contributed by atoms with E-state index in [1.807, 2.05) is 20.8 Å². The molecule has 2 fully saturated rings. The fourth-order valence-electron chi connectivity index (χ4n) is 5.32. The molecule has 0 radical (unpaired) electrons. The fourth-order valence-corrected chi connectivity index (χ4v) is 5.32. The third-order valence-corrected chi connectivity index (χ3v) is 8.04. The molecule has 2 aliphatic rings. The standard InChI is InChI=1S/C30H50N6O7.2C3H8/c1-9-11-21(23(37)26(39)31-12-10-2)33-25(38)22-19(4)18(3)17-36(22)28(41)24(30(6,7)8)34-29(42)32-20(5)27(40)35-13-15-43-16-14-35;2*1-3-2/h10,18-22,24H,2,9,11-17H2,1,3-8H3,(H,31,39)(H,33,38)(H2,32,34,42);2*3H2,1-2H3. The van der Waals surface area contributed by atoms with Gasteiger partial charge in [0.2, 0.25) is 23.5 Å². The molecule has 0 aromatic carbocycles. The number of morpholine rings is 1. The van der Waals surface area contributed by atoms with Crippen LogP contribution >= 0.6 is 0 Å². The van der Waals surface area contributed by atoms with Crippen LogP contribution in [0.3, 0.4) is 0 Å². The molecular formula is C36H66N6O7. The van der Waals surface area contributed by atoms with Crippen LogP contribution in [-0.2, 0) is 28.7 Å². The van der Waals surface area contributed by atoms with Crippen molar-refractivity contribution in [3.8, 4) is 0 Å². The number of nitrogens with one attached hydrogen (secondary N) is 4. The van der Waals surface area contributed by atoms with Gasteiger partial charge >= 0.3 is 6.03 Å². The largest absolute Gasteiger partial charge is 0.378 e. The van der Waals surface area contributed by atoms with Crippen LogP contribution in [0.15, 0.2) is 12.7 Å². The summed E-state index contributed by atoms with van der Waals surface area (Å²) in [6, 6.07) is -4.49. The lowest BCUT2D eigenvalue weighted by Gasteiger charge is -2.36. The summed E-state index contributed by atoms with van der Waals surface area (Å²) >= 11 is 0. The van der Waals surface area contributed by atoms with Gasteiger partial charge in [-0.05, 0) is 30.6 Å². The highest BCUT2D eigenvalue weighted by molar-refractivity contribution is 6.38. The first kappa shape index (κ1) is 45.5. The van der Waals surface area contributed by atoms with Crippen LogP contribution in [0.1, 0.15) is 102 Å². The second-order valence-electron chi connectivity index (χ2n) is 14.0. The molecular weight excluding hydrogens is 628 g/mol. The van der Waals surface area contributed by atoms with Crippen LogP contribution in [0.25, 0.3) is 0 Å². The molecule has 0 aromatic heterocycles. The molecule has 0 aromatic rings. The lowest BCUT2D eigenvalue weighted by atomic mass is 9.85. The monoisotopic (exact) mass is 694 g/mol. The number of amides is 6. The number of likely N-dealkylation sites (tertiary alicyclic amines) is 1. The topological polar surface area (TPSA) is 166 Å². The van der Waals surface area contributed by atoms with E-state index in [2.05, 4.69) is 55.5 Å². The molecule has 2 rings (SSSR count). The zero-order chi connectivity index (χ0) is 37.9. The molecule has 2 aliphatic heterocycles. The Hall–Kier alpha value is -3.48. The molecule has 4 N–H and O–H groups in total. The lowest BCUT2D eigenvalue weighted by Crippen LogP contribution is -2.61. The summed E-state index contributed by atoms with van der Waals surface area (Å²) in [7, 11) is 0. The van der Waals surface area contributed by atoms with Crippen molar-refractivity contribution >= 4 is 35.4 Å². The predicted octanol–water partition coefficient (Wildman–Crippen LogP) is 3.42. The zero-order valence-electron chi connectivity index (χ0n) is 32.1. The maximum atomic E-state index is 14.0. The number of ether oxygens (including phenoxy) is 1. The van der Waals surface area contributed by atoms with Gasteiger partial charge in [-0.25, -0.2) is 4.79 Å². The summed E-state index contributed by atoms with van der Waals surface area (Å²) in [5, 5.41) is 10.6. The number of nitrogens with zero attached hydrogens (tertiary/aromatic N) is 2. The predicted molar refractivity (Wildman–Crippen MR) is 193 cm³/mol. The number of carbonyl (C=O) groups is 6. The maximum Gasteiger partial charge on any atom is 0.316 e. The van der Waals surface area contributed by atoms with Crippen LogP contribution in [0, 0.1) is 17.3 Å². The third kappa shape index (κ3) is 14.9. The SMILES string of the molecule is C=CCNC(=O)C(=O)C(CCC)NC(=O)C1C(C)C(C)CN1C(=O)C(NC(=O)NC(C)C(=O)N1CCOCC1)C(C)(C)C.CCC.CCC. The zero-order valence-corrected chi connectivity index (χ0v) is 32.1. The second kappa shape index (κ2) is 23.0. The van der Waals surface area contributed by atoms with Gasteiger partial charge in [0, 0.05) is 26.2 Å². The van der Waals surface area contributed by atoms with Gasteiger partial charge in [0.1, 0.15) is 18.1 Å². The Bertz CT molecular complexity index is 1080. The molecule has 13 nitrogen and oxygen atoms in total. The second-order valence-corrected chi connectivity index (χ2v) is 14.0. The normalized spacial score (nSPS) is 20.5. The van der Waals surface area contributed by atoms with E-state index < -0.39 is 59.1 Å². The molecule has 0 spiro atoms. The molecule has 0 aliphatic carbocycles. The van der Waals surface area contributed by atoms with Gasteiger partial charge in [-0.3, -0.25) is 24.0 Å². The van der Waals surface area contributed by atoms with E-state index in [9.17, 15) is 28.8 Å². The Morgan fingerprint density at radius 1 is 0.898 bits per heavy atom. The van der Waals surface area contributed by atoms with Gasteiger partial charge in [0.15, 0.2) is 0 Å². The van der Waals surface area contributed by atoms with Crippen LogP contribution < -0.4 is 21.3 Å². The van der Waals surface area contributed by atoms with Crippen molar-refractivity contribution in [3.63, 3.8) is 0 Å². The van der Waals surface area contributed by atoms with Crippen LogP contribution in [0.5, 0.6) is 0 Å². The first-order chi connectivity index (χ1) is 23.0. The van der Waals surface area contributed by atoms with E-state index in [-0.39, 0.29) is 37.3 Å².